The summed E-state index contributed by atoms with van der Waals surface area (Å²) in [6.07, 6.45) is 3.40. The molecule has 2 amide bonds. The molecule has 1 heterocycles. The smallest absolute Gasteiger partial charge is 0.324 e. The van der Waals surface area contributed by atoms with Crippen LogP contribution in [0.1, 0.15) is 37.5 Å². The predicted molar refractivity (Wildman–Crippen MR) is 203 cm³/mol. The number of nitrogens with one attached hydrogen (secondary N) is 6. The fraction of sp³-hybridized carbons (Fsp3) is 0.150. The van der Waals surface area contributed by atoms with E-state index in [9.17, 15) is 4.79 Å². The summed E-state index contributed by atoms with van der Waals surface area (Å²) in [5, 5.41) is 34.7. The van der Waals surface area contributed by atoms with E-state index in [0.717, 1.165) is 26.6 Å². The Morgan fingerprint density at radius 1 is 0.820 bits per heavy atom. The molecule has 0 unspecified atom stereocenters. The fourth-order valence-electron chi connectivity index (χ4n) is 4.62. The van der Waals surface area contributed by atoms with Crippen molar-refractivity contribution in [2.45, 2.75) is 44.1 Å². The highest BCUT2D eigenvalue weighted by molar-refractivity contribution is 7.99. The minimum Gasteiger partial charge on any atom is -0.489 e. The van der Waals surface area contributed by atoms with Gasteiger partial charge in [-0.3, -0.25) is 20.7 Å². The SMILES string of the molecule is Cc1ccc(N/C(=C\C(=N)C(C)(C)C)NC(=O)Nc2ccc(Sc3ccc(=N)n(C(=N)c4cccc(OCc5ccccc5)c4)c3)cc2)cc1. The molecule has 0 saturated heterocycles. The number of hydrogen-bond acceptors (Lipinski definition) is 7. The number of urea groups is 1. The topological polar surface area (TPSA) is 139 Å². The summed E-state index contributed by atoms with van der Waals surface area (Å²) in [6.45, 7) is 8.27. The third-order valence-corrected chi connectivity index (χ3v) is 8.53. The number of pyridine rings is 1. The van der Waals surface area contributed by atoms with Gasteiger partial charge in [0.1, 0.15) is 29.5 Å². The van der Waals surface area contributed by atoms with Gasteiger partial charge in [0, 0.05) is 50.1 Å². The van der Waals surface area contributed by atoms with Gasteiger partial charge in [-0.05, 0) is 73.2 Å². The highest BCUT2D eigenvalue weighted by Crippen LogP contribution is 2.28. The van der Waals surface area contributed by atoms with E-state index in [1.165, 1.54) is 16.3 Å². The van der Waals surface area contributed by atoms with Crippen LogP contribution in [0.15, 0.2) is 143 Å². The Morgan fingerprint density at radius 2 is 1.48 bits per heavy atom. The second-order valence-electron chi connectivity index (χ2n) is 12.7. The van der Waals surface area contributed by atoms with E-state index in [1.807, 2.05) is 137 Å². The molecule has 254 valence electrons. The molecule has 0 spiro atoms. The first-order valence-corrected chi connectivity index (χ1v) is 16.9. The monoisotopic (exact) mass is 683 g/mol. The number of rotatable bonds is 11. The van der Waals surface area contributed by atoms with Crippen LogP contribution in [0.25, 0.3) is 0 Å². The lowest BCUT2D eigenvalue weighted by atomic mass is 9.90. The van der Waals surface area contributed by atoms with Crippen LogP contribution < -0.4 is 26.2 Å². The van der Waals surface area contributed by atoms with Gasteiger partial charge in [0.2, 0.25) is 0 Å². The van der Waals surface area contributed by atoms with Gasteiger partial charge >= 0.3 is 6.03 Å². The number of carbonyl (C=O) groups is 1. The highest BCUT2D eigenvalue weighted by atomic mass is 32.2. The molecule has 0 aliphatic heterocycles. The second-order valence-corrected chi connectivity index (χ2v) is 13.8. The zero-order valence-electron chi connectivity index (χ0n) is 28.5. The van der Waals surface area contributed by atoms with Crippen LogP contribution in [0.2, 0.25) is 0 Å². The normalized spacial score (nSPS) is 11.4. The zero-order valence-corrected chi connectivity index (χ0v) is 29.3. The summed E-state index contributed by atoms with van der Waals surface area (Å²) in [4.78, 5) is 14.8. The number of anilines is 2. The molecule has 50 heavy (non-hydrogen) atoms. The van der Waals surface area contributed by atoms with Gasteiger partial charge in [0.25, 0.3) is 0 Å². The number of aromatic nitrogens is 1. The van der Waals surface area contributed by atoms with E-state index >= 15 is 0 Å². The maximum absolute atomic E-state index is 13.0. The van der Waals surface area contributed by atoms with Crippen molar-refractivity contribution in [3.8, 4) is 5.75 Å². The van der Waals surface area contributed by atoms with Gasteiger partial charge in [0.05, 0.1) is 0 Å². The van der Waals surface area contributed by atoms with E-state index < -0.39 is 11.4 Å². The predicted octanol–water partition coefficient (Wildman–Crippen LogP) is 9.02. The molecule has 0 aliphatic carbocycles. The van der Waals surface area contributed by atoms with Crippen molar-refractivity contribution >= 4 is 40.7 Å². The lowest BCUT2D eigenvalue weighted by Crippen LogP contribution is -2.32. The largest absolute Gasteiger partial charge is 0.489 e. The summed E-state index contributed by atoms with van der Waals surface area (Å²) in [7, 11) is 0. The van der Waals surface area contributed by atoms with Crippen molar-refractivity contribution in [2.24, 2.45) is 5.41 Å². The number of benzene rings is 4. The van der Waals surface area contributed by atoms with Gasteiger partial charge in [-0.15, -0.1) is 0 Å². The first-order chi connectivity index (χ1) is 23.9. The molecule has 4 aromatic carbocycles. The van der Waals surface area contributed by atoms with Gasteiger partial charge in [-0.25, -0.2) is 4.79 Å². The van der Waals surface area contributed by atoms with E-state index in [1.54, 1.807) is 18.3 Å². The highest BCUT2D eigenvalue weighted by Gasteiger charge is 2.17. The first-order valence-electron chi connectivity index (χ1n) is 16.1. The van der Waals surface area contributed by atoms with Crippen molar-refractivity contribution in [3.05, 3.63) is 156 Å². The van der Waals surface area contributed by atoms with Gasteiger partial charge in [-0.2, -0.15) is 0 Å². The number of ether oxygens (including phenoxy) is 1. The quantitative estimate of drug-likeness (QED) is 0.0611. The summed E-state index contributed by atoms with van der Waals surface area (Å²) in [5.74, 6) is 1.20. The van der Waals surface area contributed by atoms with Gasteiger partial charge in [-0.1, -0.05) is 92.7 Å². The molecule has 0 fully saturated rings. The van der Waals surface area contributed by atoms with Crippen molar-refractivity contribution in [3.63, 3.8) is 0 Å². The average Bonchev–Trinajstić information content (AvgIpc) is 3.10. The standard InChI is InChI=1S/C40H41N7O2S/c1-27-13-15-30(16-14-27)44-37(24-35(41)40(2,3)4)46-39(48)45-31-17-19-33(20-18-31)50-34-21-22-36(42)47(25-34)38(43)29-11-8-12-32(23-29)49-26-28-9-6-5-7-10-28/h5-25,41-44H,26H2,1-4H3,(H2,45,46,48)/b37-24+,41-35?,42-36?,43-38?. The van der Waals surface area contributed by atoms with Gasteiger partial charge in [0.15, 0.2) is 0 Å². The maximum atomic E-state index is 13.0. The molecule has 0 aliphatic rings. The summed E-state index contributed by atoms with van der Waals surface area (Å²) in [5.41, 5.74) is 4.35. The molecular weight excluding hydrogens is 643 g/mol. The van der Waals surface area contributed by atoms with Crippen LogP contribution in [0.4, 0.5) is 16.2 Å². The first kappa shape index (κ1) is 35.4. The van der Waals surface area contributed by atoms with Crippen LogP contribution in [-0.2, 0) is 6.61 Å². The van der Waals surface area contributed by atoms with Crippen LogP contribution in [0.3, 0.4) is 0 Å². The van der Waals surface area contributed by atoms with E-state index in [4.69, 9.17) is 21.0 Å². The summed E-state index contributed by atoms with van der Waals surface area (Å²) >= 11 is 1.48. The van der Waals surface area contributed by atoms with E-state index in [2.05, 4.69) is 16.0 Å². The van der Waals surface area contributed by atoms with Crippen molar-refractivity contribution in [2.75, 3.05) is 10.6 Å². The lowest BCUT2D eigenvalue weighted by Gasteiger charge is -2.20. The Hall–Kier alpha value is -5.87. The number of nitrogens with zero attached hydrogens (tertiary/aromatic N) is 1. The molecule has 0 saturated carbocycles. The number of amides is 2. The zero-order chi connectivity index (χ0) is 35.7. The second kappa shape index (κ2) is 16.0. The Labute approximate surface area is 297 Å². The Bertz CT molecular complexity index is 2060. The third kappa shape index (κ3) is 10.1. The Morgan fingerprint density at radius 3 is 2.18 bits per heavy atom. The number of hydrogen-bond donors (Lipinski definition) is 6. The van der Waals surface area contributed by atoms with Crippen LogP contribution in [0, 0.1) is 28.6 Å². The Kier molecular flexibility index (Phi) is 11.4. The molecule has 6 N–H and O–H groups in total. The van der Waals surface area contributed by atoms with Crippen molar-refractivity contribution < 1.29 is 9.53 Å². The summed E-state index contributed by atoms with van der Waals surface area (Å²) in [6, 6.07) is 35.5. The van der Waals surface area contributed by atoms with Crippen molar-refractivity contribution in [1.82, 2.24) is 9.88 Å². The lowest BCUT2D eigenvalue weighted by molar-refractivity contribution is 0.254. The average molecular weight is 684 g/mol. The molecule has 0 atom stereocenters. The molecule has 9 nitrogen and oxygen atoms in total. The fourth-order valence-corrected chi connectivity index (χ4v) is 5.46. The molecule has 0 bridgehead atoms. The number of carbonyl (C=O) groups excluding carboxylic acids is 1. The summed E-state index contributed by atoms with van der Waals surface area (Å²) < 4.78 is 7.49. The van der Waals surface area contributed by atoms with Crippen LogP contribution >= 0.6 is 11.8 Å². The molecule has 0 radical (unpaired) electrons. The maximum Gasteiger partial charge on any atom is 0.324 e. The minimum absolute atomic E-state index is 0.163. The molecule has 10 heteroatoms. The number of aryl methyl sites for hydroxylation is 1. The van der Waals surface area contributed by atoms with E-state index in [-0.39, 0.29) is 11.3 Å². The Balaban J connectivity index is 1.22. The van der Waals surface area contributed by atoms with Crippen LogP contribution in [-0.4, -0.2) is 22.1 Å². The molecular formula is C40H41N7O2S. The minimum atomic E-state index is -0.446. The third-order valence-electron chi connectivity index (χ3n) is 7.54. The van der Waals surface area contributed by atoms with Crippen molar-refractivity contribution in [1.29, 1.82) is 16.2 Å². The molecule has 5 rings (SSSR count). The molecule has 1 aromatic heterocycles. The van der Waals surface area contributed by atoms with E-state index in [0.29, 0.717) is 35.1 Å². The van der Waals surface area contributed by atoms with Gasteiger partial charge < -0.3 is 20.8 Å². The van der Waals surface area contributed by atoms with Crippen LogP contribution in [0.5, 0.6) is 5.75 Å². The number of allylic oxidation sites excluding steroid dienone is 1. The molecule has 5 aromatic rings.